The first-order valence-corrected chi connectivity index (χ1v) is 5.73. The van der Waals surface area contributed by atoms with E-state index >= 15 is 0 Å². The van der Waals surface area contributed by atoms with Gasteiger partial charge in [0.2, 0.25) is 5.91 Å². The maximum atomic E-state index is 12.4. The molecule has 0 fully saturated rings. The molecule has 0 aromatic heterocycles. The minimum atomic E-state index is -4.42. The molecule has 0 spiro atoms. The van der Waals surface area contributed by atoms with E-state index in [1.807, 2.05) is 0 Å². The highest BCUT2D eigenvalue weighted by atomic mass is 35.5. The van der Waals surface area contributed by atoms with Crippen molar-refractivity contribution in [1.29, 1.82) is 0 Å². The van der Waals surface area contributed by atoms with Crippen LogP contribution >= 0.6 is 23.2 Å². The second kappa shape index (κ2) is 5.80. The number of alkyl halides is 3. The van der Waals surface area contributed by atoms with Crippen LogP contribution in [0.4, 0.5) is 13.2 Å². The number of rotatable bonds is 3. The summed E-state index contributed by atoms with van der Waals surface area (Å²) in [4.78, 5) is 11.0. The zero-order chi connectivity index (χ0) is 13.9. The highest BCUT2D eigenvalue weighted by Gasteiger charge is 2.34. The Morgan fingerprint density at radius 1 is 1.39 bits per heavy atom. The molecule has 2 nitrogen and oxygen atoms in total. The van der Waals surface area contributed by atoms with E-state index in [1.54, 1.807) is 0 Å². The summed E-state index contributed by atoms with van der Waals surface area (Å²) in [5.74, 6) is -0.569. The first kappa shape index (κ1) is 15.1. The van der Waals surface area contributed by atoms with Gasteiger partial charge in [-0.3, -0.25) is 4.79 Å². The molecule has 1 unspecified atom stereocenters. The lowest BCUT2D eigenvalue weighted by molar-refractivity contribution is -0.142. The monoisotopic (exact) mass is 299 g/mol. The van der Waals surface area contributed by atoms with E-state index in [0.717, 1.165) is 6.92 Å². The minimum Gasteiger partial charge on any atom is -0.349 e. The van der Waals surface area contributed by atoms with Crippen LogP contribution in [0.3, 0.4) is 0 Å². The van der Waals surface area contributed by atoms with Gasteiger partial charge in [-0.2, -0.15) is 13.2 Å². The number of carbonyl (C=O) groups excluding carboxylic acids is 1. The van der Waals surface area contributed by atoms with Crippen molar-refractivity contribution in [2.75, 3.05) is 0 Å². The van der Waals surface area contributed by atoms with E-state index < -0.39 is 24.5 Å². The second-order valence-corrected chi connectivity index (χ2v) is 4.58. The van der Waals surface area contributed by atoms with Gasteiger partial charge in [-0.1, -0.05) is 23.2 Å². The van der Waals surface area contributed by atoms with E-state index in [9.17, 15) is 18.0 Å². The lowest BCUT2D eigenvalue weighted by atomic mass is 10.0. The maximum Gasteiger partial charge on any atom is 0.391 e. The third-order valence-electron chi connectivity index (χ3n) is 2.15. The Balaban J connectivity index is 3.08. The molecule has 1 aromatic carbocycles. The summed E-state index contributed by atoms with van der Waals surface area (Å²) in [5.41, 5.74) is 0.150. The van der Waals surface area contributed by atoms with Gasteiger partial charge in [-0.05, 0) is 23.8 Å². The van der Waals surface area contributed by atoms with Crippen LogP contribution in [0.5, 0.6) is 0 Å². The number of benzene rings is 1. The summed E-state index contributed by atoms with van der Waals surface area (Å²) in [6.07, 6.45) is -5.62. The molecule has 0 aliphatic carbocycles. The number of nitrogens with one attached hydrogen (secondary N) is 1. The van der Waals surface area contributed by atoms with Crippen molar-refractivity contribution in [3.63, 3.8) is 0 Å². The Morgan fingerprint density at radius 2 is 2.00 bits per heavy atom. The molecule has 0 radical (unpaired) electrons. The highest BCUT2D eigenvalue weighted by molar-refractivity contribution is 6.33. The summed E-state index contributed by atoms with van der Waals surface area (Å²) >= 11 is 11.5. The molecule has 100 valence electrons. The van der Waals surface area contributed by atoms with Crippen LogP contribution in [-0.4, -0.2) is 12.1 Å². The Hall–Kier alpha value is -0.940. The van der Waals surface area contributed by atoms with Crippen molar-refractivity contribution in [2.45, 2.75) is 25.6 Å². The van der Waals surface area contributed by atoms with Gasteiger partial charge in [0, 0.05) is 17.0 Å². The van der Waals surface area contributed by atoms with E-state index in [1.165, 1.54) is 18.2 Å². The highest BCUT2D eigenvalue weighted by Crippen LogP contribution is 2.34. The molecule has 1 amide bonds. The average molecular weight is 300 g/mol. The standard InChI is InChI=1S/C11H10Cl2F3NO/c1-6(18)17-10(5-11(14,15)16)8-4-7(12)2-3-9(8)13/h2-4,10H,5H2,1H3,(H,17,18). The molecule has 1 rings (SSSR count). The van der Waals surface area contributed by atoms with Crippen molar-refractivity contribution >= 4 is 29.1 Å². The number of amides is 1. The number of hydrogen-bond donors (Lipinski definition) is 1. The molecule has 1 N–H and O–H groups in total. The van der Waals surface area contributed by atoms with Crippen LogP contribution < -0.4 is 5.32 Å². The Kier molecular flexibility index (Phi) is 4.87. The van der Waals surface area contributed by atoms with Gasteiger partial charge in [-0.25, -0.2) is 0 Å². The quantitative estimate of drug-likeness (QED) is 0.893. The third kappa shape index (κ3) is 4.74. The summed E-state index contributed by atoms with van der Waals surface area (Å²) in [6, 6.07) is 2.93. The van der Waals surface area contributed by atoms with E-state index in [-0.39, 0.29) is 15.6 Å². The normalized spacial score (nSPS) is 13.2. The number of halogens is 5. The van der Waals surface area contributed by atoms with Gasteiger partial charge in [0.15, 0.2) is 0 Å². The molecule has 0 aliphatic rings. The van der Waals surface area contributed by atoms with Crippen molar-refractivity contribution in [2.24, 2.45) is 0 Å². The average Bonchev–Trinajstić information content (AvgIpc) is 2.18. The summed E-state index contributed by atoms with van der Waals surface area (Å²) in [5, 5.41) is 2.60. The van der Waals surface area contributed by atoms with Crippen LogP contribution in [-0.2, 0) is 4.79 Å². The van der Waals surface area contributed by atoms with E-state index in [0.29, 0.717) is 0 Å². The van der Waals surface area contributed by atoms with Gasteiger partial charge in [0.1, 0.15) is 0 Å². The van der Waals surface area contributed by atoms with Crippen LogP contribution in [0.15, 0.2) is 18.2 Å². The van der Waals surface area contributed by atoms with E-state index in [2.05, 4.69) is 5.32 Å². The number of hydrogen-bond acceptors (Lipinski definition) is 1. The minimum absolute atomic E-state index is 0.127. The Morgan fingerprint density at radius 3 is 2.50 bits per heavy atom. The zero-order valence-electron chi connectivity index (χ0n) is 9.31. The molecule has 0 bridgehead atoms. The van der Waals surface area contributed by atoms with Crippen molar-refractivity contribution in [3.8, 4) is 0 Å². The predicted octanol–water partition coefficient (Wildman–Crippen LogP) is 4.12. The molecule has 18 heavy (non-hydrogen) atoms. The first-order valence-electron chi connectivity index (χ1n) is 4.98. The van der Waals surface area contributed by atoms with Crippen LogP contribution in [0, 0.1) is 0 Å². The van der Waals surface area contributed by atoms with Crippen LogP contribution in [0.2, 0.25) is 10.0 Å². The smallest absolute Gasteiger partial charge is 0.349 e. The number of carbonyl (C=O) groups is 1. The molecule has 0 aliphatic heterocycles. The SMILES string of the molecule is CC(=O)NC(CC(F)(F)F)c1cc(Cl)ccc1Cl. The molecular weight excluding hydrogens is 290 g/mol. The lowest BCUT2D eigenvalue weighted by Gasteiger charge is -2.21. The Bertz CT molecular complexity index is 448. The van der Waals surface area contributed by atoms with Crippen molar-refractivity contribution in [1.82, 2.24) is 5.32 Å². The Labute approximate surface area is 112 Å². The van der Waals surface area contributed by atoms with Gasteiger partial charge in [0.05, 0.1) is 12.5 Å². The van der Waals surface area contributed by atoms with Crippen LogP contribution in [0.25, 0.3) is 0 Å². The predicted molar refractivity (Wildman–Crippen MR) is 63.7 cm³/mol. The summed E-state index contributed by atoms with van der Waals surface area (Å²) in [6.45, 7) is 1.14. The molecule has 0 heterocycles. The van der Waals surface area contributed by atoms with E-state index in [4.69, 9.17) is 23.2 Å². The van der Waals surface area contributed by atoms with Gasteiger partial charge in [-0.15, -0.1) is 0 Å². The molecular formula is C11H10Cl2F3NO. The summed E-state index contributed by atoms with van der Waals surface area (Å²) in [7, 11) is 0. The molecule has 0 saturated carbocycles. The fourth-order valence-electron chi connectivity index (χ4n) is 1.50. The zero-order valence-corrected chi connectivity index (χ0v) is 10.8. The largest absolute Gasteiger partial charge is 0.391 e. The first-order chi connectivity index (χ1) is 8.19. The molecule has 7 heteroatoms. The van der Waals surface area contributed by atoms with Gasteiger partial charge < -0.3 is 5.32 Å². The maximum absolute atomic E-state index is 12.4. The fraction of sp³-hybridized carbons (Fsp3) is 0.364. The van der Waals surface area contributed by atoms with Crippen LogP contribution in [0.1, 0.15) is 24.9 Å². The molecule has 1 aromatic rings. The molecule has 0 saturated heterocycles. The summed E-state index contributed by atoms with van der Waals surface area (Å²) < 4.78 is 37.3. The second-order valence-electron chi connectivity index (χ2n) is 3.74. The van der Waals surface area contributed by atoms with Gasteiger partial charge >= 0.3 is 6.18 Å². The van der Waals surface area contributed by atoms with Crippen molar-refractivity contribution < 1.29 is 18.0 Å². The fourth-order valence-corrected chi connectivity index (χ4v) is 1.93. The third-order valence-corrected chi connectivity index (χ3v) is 2.73. The molecule has 1 atom stereocenters. The van der Waals surface area contributed by atoms with Gasteiger partial charge in [0.25, 0.3) is 0 Å². The lowest BCUT2D eigenvalue weighted by Crippen LogP contribution is -2.30. The van der Waals surface area contributed by atoms with Crippen molar-refractivity contribution in [3.05, 3.63) is 33.8 Å². The topological polar surface area (TPSA) is 29.1 Å².